The zero-order chi connectivity index (χ0) is 8.53. The molecule has 0 spiro atoms. The van der Waals surface area contributed by atoms with Gasteiger partial charge < -0.3 is 4.74 Å². The van der Waals surface area contributed by atoms with Crippen molar-refractivity contribution in [3.8, 4) is 0 Å². The zero-order valence-corrected chi connectivity index (χ0v) is 7.04. The minimum atomic E-state index is -0.193. The molecule has 0 atom stereocenters. The van der Waals surface area contributed by atoms with Gasteiger partial charge in [-0.05, 0) is 13.3 Å². The van der Waals surface area contributed by atoms with E-state index in [-0.39, 0.29) is 5.97 Å². The monoisotopic (exact) mass is 154 g/mol. The summed E-state index contributed by atoms with van der Waals surface area (Å²) in [4.78, 5) is 10.6. The van der Waals surface area contributed by atoms with Crippen molar-refractivity contribution in [1.29, 1.82) is 0 Å². The molecule has 0 rings (SSSR count). The summed E-state index contributed by atoms with van der Waals surface area (Å²) < 4.78 is 4.45. The van der Waals surface area contributed by atoms with E-state index in [1.165, 1.54) is 7.11 Å². The van der Waals surface area contributed by atoms with Crippen molar-refractivity contribution in [3.05, 3.63) is 24.3 Å². The highest BCUT2D eigenvalue weighted by molar-refractivity contribution is 5.70. The second-order valence-corrected chi connectivity index (χ2v) is 2.06. The van der Waals surface area contributed by atoms with Crippen LogP contribution in [0, 0.1) is 0 Å². The molecular formula is C9H14O2. The lowest BCUT2D eigenvalue weighted by Crippen LogP contribution is -1.96. The number of hydrogen-bond donors (Lipinski definition) is 0. The molecule has 62 valence electrons. The highest BCUT2D eigenvalue weighted by atomic mass is 16.5. The van der Waals surface area contributed by atoms with Crippen molar-refractivity contribution < 1.29 is 9.53 Å². The molecule has 0 aliphatic rings. The van der Waals surface area contributed by atoms with E-state index in [2.05, 4.69) is 4.74 Å². The standard InChI is InChI=1S/C9H14O2/c1-3-4-5-6-7-8-9(10)11-2/h3-4,6-7H,5,8H2,1-2H3/b4-3+,7-6+. The summed E-state index contributed by atoms with van der Waals surface area (Å²) in [5, 5.41) is 0. The lowest BCUT2D eigenvalue weighted by Gasteiger charge is -1.90. The first-order valence-electron chi connectivity index (χ1n) is 3.64. The third kappa shape index (κ3) is 6.84. The maximum Gasteiger partial charge on any atom is 0.309 e. The van der Waals surface area contributed by atoms with Crippen LogP contribution in [0.15, 0.2) is 24.3 Å². The molecule has 11 heavy (non-hydrogen) atoms. The molecular weight excluding hydrogens is 140 g/mol. The molecule has 0 radical (unpaired) electrons. The van der Waals surface area contributed by atoms with Crippen molar-refractivity contribution in [3.63, 3.8) is 0 Å². The minimum absolute atomic E-state index is 0.193. The number of esters is 1. The second-order valence-electron chi connectivity index (χ2n) is 2.06. The third-order valence-electron chi connectivity index (χ3n) is 1.19. The van der Waals surface area contributed by atoms with Crippen LogP contribution in [0.1, 0.15) is 19.8 Å². The van der Waals surface area contributed by atoms with Crippen LogP contribution in [-0.4, -0.2) is 13.1 Å². The number of methoxy groups -OCH3 is 1. The van der Waals surface area contributed by atoms with Crippen molar-refractivity contribution >= 4 is 5.97 Å². The van der Waals surface area contributed by atoms with E-state index in [0.29, 0.717) is 6.42 Å². The molecule has 0 heterocycles. The molecule has 0 saturated carbocycles. The van der Waals surface area contributed by atoms with E-state index in [9.17, 15) is 4.79 Å². The summed E-state index contributed by atoms with van der Waals surface area (Å²) >= 11 is 0. The Bertz CT molecular complexity index is 157. The predicted octanol–water partition coefficient (Wildman–Crippen LogP) is 2.07. The molecule has 0 aromatic carbocycles. The molecule has 0 amide bonds. The molecule has 2 heteroatoms. The Morgan fingerprint density at radius 2 is 2.09 bits per heavy atom. The molecule has 0 aromatic heterocycles. The number of rotatable bonds is 4. The van der Waals surface area contributed by atoms with Crippen LogP contribution in [0.25, 0.3) is 0 Å². The lowest BCUT2D eigenvalue weighted by atomic mass is 10.3. The van der Waals surface area contributed by atoms with Gasteiger partial charge in [0.25, 0.3) is 0 Å². The van der Waals surface area contributed by atoms with Crippen molar-refractivity contribution in [2.45, 2.75) is 19.8 Å². The summed E-state index contributed by atoms with van der Waals surface area (Å²) in [7, 11) is 1.39. The highest BCUT2D eigenvalue weighted by Gasteiger charge is 1.91. The SMILES string of the molecule is C/C=C/C/C=C/CC(=O)OC. The first-order chi connectivity index (χ1) is 5.31. The van der Waals surface area contributed by atoms with Gasteiger partial charge in [0.05, 0.1) is 13.5 Å². The first-order valence-corrected chi connectivity index (χ1v) is 3.64. The van der Waals surface area contributed by atoms with Crippen LogP contribution < -0.4 is 0 Å². The smallest absolute Gasteiger partial charge is 0.309 e. The Hall–Kier alpha value is -1.05. The Kier molecular flexibility index (Phi) is 6.39. The van der Waals surface area contributed by atoms with Gasteiger partial charge in [0, 0.05) is 0 Å². The van der Waals surface area contributed by atoms with Crippen molar-refractivity contribution in [2.75, 3.05) is 7.11 Å². The van der Waals surface area contributed by atoms with Gasteiger partial charge in [0.1, 0.15) is 0 Å². The Morgan fingerprint density at radius 1 is 1.36 bits per heavy atom. The minimum Gasteiger partial charge on any atom is -0.469 e. The van der Waals surface area contributed by atoms with Crippen LogP contribution >= 0.6 is 0 Å². The molecule has 0 saturated heterocycles. The Labute approximate surface area is 67.6 Å². The maximum absolute atomic E-state index is 10.6. The Morgan fingerprint density at radius 3 is 2.64 bits per heavy atom. The third-order valence-corrected chi connectivity index (χ3v) is 1.19. The summed E-state index contributed by atoms with van der Waals surface area (Å²) in [6.07, 6.45) is 9.00. The number of carbonyl (C=O) groups excluding carboxylic acids is 1. The average molecular weight is 154 g/mol. The van der Waals surface area contributed by atoms with Crippen LogP contribution in [0.3, 0.4) is 0 Å². The van der Waals surface area contributed by atoms with Gasteiger partial charge in [0.15, 0.2) is 0 Å². The molecule has 0 fully saturated rings. The normalized spacial score (nSPS) is 11.1. The van der Waals surface area contributed by atoms with E-state index in [4.69, 9.17) is 0 Å². The molecule has 0 unspecified atom stereocenters. The van der Waals surface area contributed by atoms with E-state index >= 15 is 0 Å². The zero-order valence-electron chi connectivity index (χ0n) is 7.04. The van der Waals surface area contributed by atoms with Crippen LogP contribution in [0.5, 0.6) is 0 Å². The van der Waals surface area contributed by atoms with E-state index in [0.717, 1.165) is 6.42 Å². The summed E-state index contributed by atoms with van der Waals surface area (Å²) in [5.74, 6) is -0.193. The number of carbonyl (C=O) groups is 1. The quantitative estimate of drug-likeness (QED) is 0.457. The molecule has 0 aliphatic heterocycles. The predicted molar refractivity (Wildman–Crippen MR) is 45.2 cm³/mol. The first kappa shape index (κ1) is 9.95. The Balaban J connectivity index is 3.36. The molecule has 2 nitrogen and oxygen atoms in total. The van der Waals surface area contributed by atoms with Gasteiger partial charge in [-0.2, -0.15) is 0 Å². The summed E-state index contributed by atoms with van der Waals surface area (Å²) in [6, 6.07) is 0. The topological polar surface area (TPSA) is 26.3 Å². The van der Waals surface area contributed by atoms with Crippen LogP contribution in [-0.2, 0) is 9.53 Å². The summed E-state index contributed by atoms with van der Waals surface area (Å²) in [5.41, 5.74) is 0. The van der Waals surface area contributed by atoms with Gasteiger partial charge in [-0.15, -0.1) is 0 Å². The largest absolute Gasteiger partial charge is 0.469 e. The summed E-state index contributed by atoms with van der Waals surface area (Å²) in [6.45, 7) is 1.97. The fourth-order valence-electron chi connectivity index (χ4n) is 0.574. The van der Waals surface area contributed by atoms with E-state index in [1.54, 1.807) is 0 Å². The van der Waals surface area contributed by atoms with E-state index in [1.807, 2.05) is 31.2 Å². The van der Waals surface area contributed by atoms with Gasteiger partial charge >= 0.3 is 5.97 Å². The number of allylic oxidation sites excluding steroid dienone is 3. The fraction of sp³-hybridized carbons (Fsp3) is 0.444. The van der Waals surface area contributed by atoms with Gasteiger partial charge in [-0.25, -0.2) is 0 Å². The van der Waals surface area contributed by atoms with Gasteiger partial charge in [0.2, 0.25) is 0 Å². The maximum atomic E-state index is 10.6. The fourth-order valence-corrected chi connectivity index (χ4v) is 0.574. The molecule has 0 N–H and O–H groups in total. The highest BCUT2D eigenvalue weighted by Crippen LogP contribution is 1.90. The number of hydrogen-bond acceptors (Lipinski definition) is 2. The van der Waals surface area contributed by atoms with Crippen molar-refractivity contribution in [1.82, 2.24) is 0 Å². The van der Waals surface area contributed by atoms with Gasteiger partial charge in [-0.1, -0.05) is 24.3 Å². The van der Waals surface area contributed by atoms with Crippen molar-refractivity contribution in [2.24, 2.45) is 0 Å². The molecule has 0 aromatic rings. The van der Waals surface area contributed by atoms with Gasteiger partial charge in [-0.3, -0.25) is 4.79 Å². The molecule has 0 bridgehead atoms. The lowest BCUT2D eigenvalue weighted by molar-refractivity contribution is -0.139. The average Bonchev–Trinajstić information content (AvgIpc) is 2.04. The molecule has 0 aliphatic carbocycles. The van der Waals surface area contributed by atoms with Crippen LogP contribution in [0.2, 0.25) is 0 Å². The van der Waals surface area contributed by atoms with E-state index < -0.39 is 0 Å². The second kappa shape index (κ2) is 7.06. The van der Waals surface area contributed by atoms with Crippen LogP contribution in [0.4, 0.5) is 0 Å². The number of ether oxygens (including phenoxy) is 1.